The van der Waals surface area contributed by atoms with Gasteiger partial charge < -0.3 is 14.4 Å². The van der Waals surface area contributed by atoms with Crippen molar-refractivity contribution in [2.24, 2.45) is 0 Å². The van der Waals surface area contributed by atoms with Crippen LogP contribution in [0, 0.1) is 0 Å². The van der Waals surface area contributed by atoms with Gasteiger partial charge in [-0.25, -0.2) is 4.79 Å². The zero-order valence-corrected chi connectivity index (χ0v) is 11.5. The third kappa shape index (κ3) is 2.08. The number of benzene rings is 1. The Morgan fingerprint density at radius 2 is 1.90 bits per heavy atom. The first-order valence-electron chi connectivity index (χ1n) is 7.39. The number of rotatable bonds is 2. The van der Waals surface area contributed by atoms with Crippen LogP contribution in [-0.2, 0) is 16.1 Å². The quantitative estimate of drug-likeness (QED) is 0.778. The Balaban J connectivity index is 1.39. The Kier molecular flexibility index (Phi) is 2.74. The second-order valence-corrected chi connectivity index (χ2v) is 6.21. The van der Waals surface area contributed by atoms with E-state index >= 15 is 0 Å². The van der Waals surface area contributed by atoms with Crippen LogP contribution in [0.4, 0.5) is 4.79 Å². The Bertz CT molecular complexity index is 496. The van der Waals surface area contributed by atoms with E-state index in [4.69, 9.17) is 9.47 Å². The Morgan fingerprint density at radius 1 is 1.25 bits per heavy atom. The molecule has 3 saturated heterocycles. The second kappa shape index (κ2) is 4.48. The topological polar surface area (TPSA) is 42.1 Å². The van der Waals surface area contributed by atoms with E-state index in [0.717, 1.165) is 37.9 Å². The third-order valence-corrected chi connectivity index (χ3v) is 4.80. The Labute approximate surface area is 118 Å². The van der Waals surface area contributed by atoms with E-state index in [0.29, 0.717) is 18.7 Å². The van der Waals surface area contributed by atoms with Crippen molar-refractivity contribution in [3.63, 3.8) is 0 Å². The molecule has 4 nitrogen and oxygen atoms in total. The predicted octanol–water partition coefficient (Wildman–Crippen LogP) is 2.72. The molecule has 4 heteroatoms. The monoisotopic (exact) mass is 273 g/mol. The maximum Gasteiger partial charge on any atom is 0.410 e. The lowest BCUT2D eigenvalue weighted by Gasteiger charge is -2.36. The summed E-state index contributed by atoms with van der Waals surface area (Å²) in [6.07, 6.45) is 4.01. The van der Waals surface area contributed by atoms with Gasteiger partial charge in [0.2, 0.25) is 0 Å². The number of ether oxygens (including phenoxy) is 2. The molecule has 2 bridgehead atoms. The molecule has 106 valence electrons. The lowest BCUT2D eigenvalue weighted by molar-refractivity contribution is 0.0451. The van der Waals surface area contributed by atoms with E-state index in [1.165, 1.54) is 0 Å². The molecule has 3 heterocycles. The molecular formula is C16H19NO3. The second-order valence-electron chi connectivity index (χ2n) is 6.21. The molecule has 0 N–H and O–H groups in total. The Morgan fingerprint density at radius 3 is 2.50 bits per heavy atom. The van der Waals surface area contributed by atoms with Crippen molar-refractivity contribution >= 4 is 6.09 Å². The number of piperidine rings is 1. The first kappa shape index (κ1) is 12.2. The van der Waals surface area contributed by atoms with Crippen LogP contribution in [0.3, 0.4) is 0 Å². The molecule has 3 fully saturated rings. The van der Waals surface area contributed by atoms with E-state index in [9.17, 15) is 4.79 Å². The number of hydrogen-bond acceptors (Lipinski definition) is 3. The molecule has 3 aliphatic heterocycles. The highest BCUT2D eigenvalue weighted by Gasteiger charge is 2.57. The van der Waals surface area contributed by atoms with Gasteiger partial charge in [0.25, 0.3) is 0 Å². The maximum absolute atomic E-state index is 12.3. The predicted molar refractivity (Wildman–Crippen MR) is 73.2 cm³/mol. The van der Waals surface area contributed by atoms with Gasteiger partial charge in [-0.2, -0.15) is 0 Å². The molecular weight excluding hydrogens is 254 g/mol. The molecule has 0 radical (unpaired) electrons. The fourth-order valence-corrected chi connectivity index (χ4v) is 3.73. The summed E-state index contributed by atoms with van der Waals surface area (Å²) >= 11 is 0. The minimum atomic E-state index is -0.156. The molecule has 0 aromatic heterocycles. The average molecular weight is 273 g/mol. The van der Waals surface area contributed by atoms with Gasteiger partial charge >= 0.3 is 6.09 Å². The fourth-order valence-electron chi connectivity index (χ4n) is 3.73. The summed E-state index contributed by atoms with van der Waals surface area (Å²) in [6.45, 7) is 1.24. The van der Waals surface area contributed by atoms with Crippen molar-refractivity contribution in [1.82, 2.24) is 4.90 Å². The highest BCUT2D eigenvalue weighted by atomic mass is 16.6. The zero-order chi connectivity index (χ0) is 13.6. The fraction of sp³-hybridized carbons (Fsp3) is 0.562. The normalized spacial score (nSPS) is 34.3. The minimum absolute atomic E-state index is 0.113. The number of nitrogens with zero attached hydrogens (tertiary/aromatic N) is 1. The van der Waals surface area contributed by atoms with Crippen molar-refractivity contribution in [2.75, 3.05) is 6.61 Å². The summed E-state index contributed by atoms with van der Waals surface area (Å²) < 4.78 is 11.1. The van der Waals surface area contributed by atoms with Crippen LogP contribution in [0.15, 0.2) is 30.3 Å². The molecule has 0 saturated carbocycles. The smallest absolute Gasteiger partial charge is 0.410 e. The third-order valence-electron chi connectivity index (χ3n) is 4.80. The average Bonchev–Trinajstić information content (AvgIpc) is 3.15. The van der Waals surface area contributed by atoms with Crippen LogP contribution in [-0.4, -0.2) is 35.3 Å². The van der Waals surface area contributed by atoms with Crippen molar-refractivity contribution in [2.45, 2.75) is 50.0 Å². The van der Waals surface area contributed by atoms with Gasteiger partial charge in [0.1, 0.15) is 6.61 Å². The van der Waals surface area contributed by atoms with Gasteiger partial charge in [-0.3, -0.25) is 0 Å². The summed E-state index contributed by atoms with van der Waals surface area (Å²) in [4.78, 5) is 14.3. The number of amides is 1. The summed E-state index contributed by atoms with van der Waals surface area (Å²) in [5, 5.41) is 0. The summed E-state index contributed by atoms with van der Waals surface area (Å²) in [7, 11) is 0. The summed E-state index contributed by atoms with van der Waals surface area (Å²) in [6, 6.07) is 10.5. The van der Waals surface area contributed by atoms with Crippen molar-refractivity contribution in [3.8, 4) is 0 Å². The lowest BCUT2D eigenvalue weighted by Crippen LogP contribution is -2.49. The molecule has 1 amide bonds. The summed E-state index contributed by atoms with van der Waals surface area (Å²) in [5.74, 6) is 0. The first-order valence-corrected chi connectivity index (χ1v) is 7.39. The van der Waals surface area contributed by atoms with Crippen LogP contribution in [0.25, 0.3) is 0 Å². The van der Waals surface area contributed by atoms with Crippen molar-refractivity contribution in [3.05, 3.63) is 35.9 Å². The largest absolute Gasteiger partial charge is 0.445 e. The highest BCUT2D eigenvalue weighted by molar-refractivity contribution is 5.69. The number of carbonyl (C=O) groups is 1. The zero-order valence-electron chi connectivity index (χ0n) is 11.5. The van der Waals surface area contributed by atoms with E-state index < -0.39 is 0 Å². The first-order chi connectivity index (χ1) is 9.76. The van der Waals surface area contributed by atoms with Crippen LogP contribution in [0.2, 0.25) is 0 Å². The van der Waals surface area contributed by atoms with Gasteiger partial charge in [-0.05, 0) is 31.2 Å². The molecule has 4 rings (SSSR count). The molecule has 1 aromatic rings. The van der Waals surface area contributed by atoms with Gasteiger partial charge in [0, 0.05) is 12.1 Å². The van der Waals surface area contributed by atoms with Crippen LogP contribution in [0.1, 0.15) is 31.2 Å². The molecule has 1 spiro atoms. The SMILES string of the molecule is O=C(OCc1ccccc1)N1[C@@H]2CC[C@H]1CC1(CO1)C2. The molecule has 3 atom stereocenters. The van der Waals surface area contributed by atoms with Crippen LogP contribution < -0.4 is 0 Å². The van der Waals surface area contributed by atoms with E-state index in [2.05, 4.69) is 0 Å². The summed E-state index contributed by atoms with van der Waals surface area (Å²) in [5.41, 5.74) is 1.15. The van der Waals surface area contributed by atoms with Gasteiger partial charge in [0.15, 0.2) is 0 Å². The van der Waals surface area contributed by atoms with Gasteiger partial charge in [-0.15, -0.1) is 0 Å². The molecule has 1 unspecified atom stereocenters. The minimum Gasteiger partial charge on any atom is -0.445 e. The van der Waals surface area contributed by atoms with Crippen molar-refractivity contribution < 1.29 is 14.3 Å². The highest BCUT2D eigenvalue weighted by Crippen LogP contribution is 2.48. The molecule has 20 heavy (non-hydrogen) atoms. The standard InChI is InChI=1S/C16H19NO3/c18-15(19-10-12-4-2-1-3-5-12)17-13-6-7-14(17)9-16(8-13)11-20-16/h1-5,13-14H,6-11H2/t13-,14+,16?. The molecule has 0 aliphatic carbocycles. The number of carbonyl (C=O) groups excluding carboxylic acids is 1. The van der Waals surface area contributed by atoms with E-state index in [-0.39, 0.29) is 11.7 Å². The van der Waals surface area contributed by atoms with Gasteiger partial charge in [-0.1, -0.05) is 30.3 Å². The number of hydrogen-bond donors (Lipinski definition) is 0. The van der Waals surface area contributed by atoms with Crippen LogP contribution >= 0.6 is 0 Å². The lowest BCUT2D eigenvalue weighted by atomic mass is 9.91. The molecule has 1 aromatic carbocycles. The number of epoxide rings is 1. The van der Waals surface area contributed by atoms with Gasteiger partial charge in [0.05, 0.1) is 12.2 Å². The van der Waals surface area contributed by atoms with Crippen LogP contribution in [0.5, 0.6) is 0 Å². The van der Waals surface area contributed by atoms with E-state index in [1.807, 2.05) is 35.2 Å². The Hall–Kier alpha value is -1.55. The van der Waals surface area contributed by atoms with E-state index in [1.54, 1.807) is 0 Å². The number of fused-ring (bicyclic) bond motifs is 2. The van der Waals surface area contributed by atoms with Crippen molar-refractivity contribution in [1.29, 1.82) is 0 Å². The maximum atomic E-state index is 12.3. The molecule has 3 aliphatic rings.